The molecule has 0 aliphatic carbocycles. The van der Waals surface area contributed by atoms with Gasteiger partial charge in [0, 0.05) is 6.54 Å². The maximum Gasteiger partial charge on any atom is 0.416 e. The highest BCUT2D eigenvalue weighted by molar-refractivity contribution is 7.93. The number of aromatic carboxylic acids is 1. The highest BCUT2D eigenvalue weighted by Gasteiger charge is 2.35. The molecule has 0 amide bonds. The van der Waals surface area contributed by atoms with Gasteiger partial charge in [0.05, 0.1) is 22.6 Å². The minimum Gasteiger partial charge on any atom is -0.478 e. The van der Waals surface area contributed by atoms with Gasteiger partial charge in [0.25, 0.3) is 0 Å². The summed E-state index contributed by atoms with van der Waals surface area (Å²) in [6.45, 7) is 0.0443. The van der Waals surface area contributed by atoms with Crippen molar-refractivity contribution in [3.63, 3.8) is 0 Å². The van der Waals surface area contributed by atoms with Crippen molar-refractivity contribution < 1.29 is 31.5 Å². The van der Waals surface area contributed by atoms with E-state index in [9.17, 15) is 26.4 Å². The fourth-order valence-electron chi connectivity index (χ4n) is 1.97. The highest BCUT2D eigenvalue weighted by Crippen LogP contribution is 2.34. The van der Waals surface area contributed by atoms with Gasteiger partial charge in [-0.15, -0.1) is 0 Å². The van der Waals surface area contributed by atoms with Crippen molar-refractivity contribution in [3.05, 3.63) is 29.3 Å². The summed E-state index contributed by atoms with van der Waals surface area (Å²) >= 11 is 0. The molecule has 0 unspecified atom stereocenters. The number of anilines is 1. The average molecular weight is 309 g/mol. The topological polar surface area (TPSA) is 74.7 Å². The van der Waals surface area contributed by atoms with E-state index >= 15 is 0 Å². The second kappa shape index (κ2) is 4.65. The molecule has 110 valence electrons. The van der Waals surface area contributed by atoms with Crippen molar-refractivity contribution in [2.24, 2.45) is 0 Å². The van der Waals surface area contributed by atoms with Crippen LogP contribution in [0.25, 0.3) is 0 Å². The standard InChI is InChI=1S/C11H10F3NO4S/c12-11(13,14)8-4-7(10(16)17)5-9(6-8)15-2-1-3-20(15,18)19/h4-6H,1-3H2,(H,16,17). The van der Waals surface area contributed by atoms with Crippen LogP contribution in [0, 0.1) is 0 Å². The average Bonchev–Trinajstić information content (AvgIpc) is 2.67. The number of carbonyl (C=O) groups is 1. The van der Waals surface area contributed by atoms with Crippen LogP contribution in [0.1, 0.15) is 22.3 Å². The van der Waals surface area contributed by atoms with Crippen LogP contribution in [0.15, 0.2) is 18.2 Å². The molecule has 1 saturated heterocycles. The third-order valence-electron chi connectivity index (χ3n) is 2.88. The molecule has 1 aromatic carbocycles. The van der Waals surface area contributed by atoms with E-state index in [0.29, 0.717) is 18.6 Å². The molecule has 1 aromatic rings. The Hall–Kier alpha value is -1.77. The summed E-state index contributed by atoms with van der Waals surface area (Å²) in [5.41, 5.74) is -2.05. The molecule has 2 rings (SSSR count). The van der Waals surface area contributed by atoms with Gasteiger partial charge in [-0.1, -0.05) is 0 Å². The molecule has 1 fully saturated rings. The molecule has 0 bridgehead atoms. The van der Waals surface area contributed by atoms with Crippen LogP contribution in [0.3, 0.4) is 0 Å². The predicted octanol–water partition coefficient (Wildman–Crippen LogP) is 1.94. The molecule has 20 heavy (non-hydrogen) atoms. The monoisotopic (exact) mass is 309 g/mol. The number of carboxylic acid groups (broad SMARTS) is 1. The number of hydrogen-bond donors (Lipinski definition) is 1. The number of sulfonamides is 1. The summed E-state index contributed by atoms with van der Waals surface area (Å²) in [6.07, 6.45) is -4.45. The van der Waals surface area contributed by atoms with Crippen LogP contribution in [0.5, 0.6) is 0 Å². The molecule has 1 aliphatic heterocycles. The van der Waals surface area contributed by atoms with Gasteiger partial charge in [-0.2, -0.15) is 13.2 Å². The first-order valence-electron chi connectivity index (χ1n) is 5.57. The van der Waals surface area contributed by atoms with E-state index in [1.165, 1.54) is 0 Å². The lowest BCUT2D eigenvalue weighted by Gasteiger charge is -2.19. The number of halogens is 3. The molecule has 1 heterocycles. The van der Waals surface area contributed by atoms with Crippen LogP contribution in [-0.2, 0) is 16.2 Å². The normalized spacial score (nSPS) is 18.2. The zero-order valence-corrected chi connectivity index (χ0v) is 10.8. The third kappa shape index (κ3) is 2.72. The van der Waals surface area contributed by atoms with Gasteiger partial charge in [-0.3, -0.25) is 4.31 Å². The minimum atomic E-state index is -4.75. The van der Waals surface area contributed by atoms with E-state index in [-0.39, 0.29) is 18.0 Å². The molecule has 9 heteroatoms. The van der Waals surface area contributed by atoms with Crippen molar-refractivity contribution in [2.45, 2.75) is 12.6 Å². The first kappa shape index (κ1) is 14.6. The Morgan fingerprint density at radius 3 is 2.35 bits per heavy atom. The number of nitrogens with zero attached hydrogens (tertiary/aromatic N) is 1. The lowest BCUT2D eigenvalue weighted by molar-refractivity contribution is -0.137. The van der Waals surface area contributed by atoms with E-state index < -0.39 is 33.3 Å². The summed E-state index contributed by atoms with van der Waals surface area (Å²) < 4.78 is 62.4. The molecule has 0 radical (unpaired) electrons. The van der Waals surface area contributed by atoms with E-state index in [1.807, 2.05) is 0 Å². The van der Waals surface area contributed by atoms with Crippen molar-refractivity contribution >= 4 is 21.7 Å². The van der Waals surface area contributed by atoms with Crippen LogP contribution in [0.4, 0.5) is 18.9 Å². The fraction of sp³-hybridized carbons (Fsp3) is 0.364. The molecule has 0 atom stereocenters. The quantitative estimate of drug-likeness (QED) is 0.906. The summed E-state index contributed by atoms with van der Waals surface area (Å²) in [6, 6.07) is 2.06. The summed E-state index contributed by atoms with van der Waals surface area (Å²) in [4.78, 5) is 10.9. The van der Waals surface area contributed by atoms with E-state index in [4.69, 9.17) is 5.11 Å². The van der Waals surface area contributed by atoms with Gasteiger partial charge >= 0.3 is 12.1 Å². The van der Waals surface area contributed by atoms with Gasteiger partial charge in [0.1, 0.15) is 0 Å². The number of hydrogen-bond acceptors (Lipinski definition) is 3. The Labute approximate surface area is 112 Å². The van der Waals surface area contributed by atoms with Gasteiger partial charge in [0.2, 0.25) is 10.0 Å². The van der Waals surface area contributed by atoms with Crippen molar-refractivity contribution in [1.29, 1.82) is 0 Å². The van der Waals surface area contributed by atoms with Gasteiger partial charge in [-0.05, 0) is 24.6 Å². The number of rotatable bonds is 2. The van der Waals surface area contributed by atoms with Crippen LogP contribution >= 0.6 is 0 Å². The fourth-order valence-corrected chi connectivity index (χ4v) is 3.52. The van der Waals surface area contributed by atoms with Crippen LogP contribution < -0.4 is 4.31 Å². The molecule has 0 spiro atoms. The smallest absolute Gasteiger partial charge is 0.416 e. The van der Waals surface area contributed by atoms with E-state index in [0.717, 1.165) is 10.4 Å². The molecule has 5 nitrogen and oxygen atoms in total. The van der Waals surface area contributed by atoms with Gasteiger partial charge in [0.15, 0.2) is 0 Å². The zero-order chi connectivity index (χ0) is 15.1. The van der Waals surface area contributed by atoms with Crippen LogP contribution in [0.2, 0.25) is 0 Å². The van der Waals surface area contributed by atoms with E-state index in [1.54, 1.807) is 0 Å². The zero-order valence-electron chi connectivity index (χ0n) is 10.0. The van der Waals surface area contributed by atoms with Gasteiger partial charge < -0.3 is 5.11 Å². The SMILES string of the molecule is O=C(O)c1cc(N2CCCS2(=O)=O)cc(C(F)(F)F)c1. The maximum atomic E-state index is 12.7. The molecular weight excluding hydrogens is 299 g/mol. The minimum absolute atomic E-state index is 0.0443. The Morgan fingerprint density at radius 2 is 1.90 bits per heavy atom. The number of carboxylic acids is 1. The van der Waals surface area contributed by atoms with Crippen molar-refractivity contribution in [1.82, 2.24) is 0 Å². The summed E-state index contributed by atoms with van der Waals surface area (Å²) in [5, 5.41) is 8.84. The Bertz CT molecular complexity index is 654. The third-order valence-corrected chi connectivity index (χ3v) is 4.75. The molecule has 1 N–H and O–H groups in total. The van der Waals surface area contributed by atoms with Crippen molar-refractivity contribution in [2.75, 3.05) is 16.6 Å². The van der Waals surface area contributed by atoms with Crippen LogP contribution in [-0.4, -0.2) is 31.8 Å². The summed E-state index contributed by atoms with van der Waals surface area (Å²) in [7, 11) is -3.67. The molecule has 0 saturated carbocycles. The molecule has 1 aliphatic rings. The highest BCUT2D eigenvalue weighted by atomic mass is 32.2. The number of benzene rings is 1. The number of alkyl halides is 3. The predicted molar refractivity (Wildman–Crippen MR) is 64.2 cm³/mol. The van der Waals surface area contributed by atoms with E-state index in [2.05, 4.69) is 0 Å². The first-order valence-corrected chi connectivity index (χ1v) is 7.18. The Morgan fingerprint density at radius 1 is 1.25 bits per heavy atom. The van der Waals surface area contributed by atoms with Crippen molar-refractivity contribution in [3.8, 4) is 0 Å². The first-order chi connectivity index (χ1) is 9.11. The second-order valence-electron chi connectivity index (χ2n) is 4.31. The van der Waals surface area contributed by atoms with Gasteiger partial charge in [-0.25, -0.2) is 13.2 Å². The lowest BCUT2D eigenvalue weighted by atomic mass is 10.1. The summed E-state index contributed by atoms with van der Waals surface area (Å²) in [5.74, 6) is -1.71. The molecule has 0 aromatic heterocycles. The lowest BCUT2D eigenvalue weighted by Crippen LogP contribution is -2.26. The second-order valence-corrected chi connectivity index (χ2v) is 6.33. The maximum absolute atomic E-state index is 12.7. The molecular formula is C11H10F3NO4S. The largest absolute Gasteiger partial charge is 0.478 e. The Kier molecular flexibility index (Phi) is 3.41. The Balaban J connectivity index is 2.59.